The maximum Gasteiger partial charge on any atom is 0.243 e. The molecule has 1 aliphatic rings. The lowest BCUT2D eigenvalue weighted by atomic mass is 10.0. The summed E-state index contributed by atoms with van der Waals surface area (Å²) in [4.78, 5) is -0.279. The Labute approximate surface area is 119 Å². The summed E-state index contributed by atoms with van der Waals surface area (Å²) in [7, 11) is -2.09. The van der Waals surface area contributed by atoms with Crippen LogP contribution >= 0.6 is 0 Å². The second kappa shape index (κ2) is 5.42. The first-order chi connectivity index (χ1) is 9.26. The van der Waals surface area contributed by atoms with Gasteiger partial charge in [-0.3, -0.25) is 0 Å². The molecule has 1 aliphatic carbocycles. The monoisotopic (exact) mass is 300 g/mol. The number of rotatable bonds is 6. The number of benzene rings is 1. The van der Waals surface area contributed by atoms with Crippen molar-refractivity contribution in [2.45, 2.75) is 43.7 Å². The predicted molar refractivity (Wildman–Crippen MR) is 76.3 cm³/mol. The Hall–Kier alpha value is -0.980. The maximum absolute atomic E-state index is 13.9. The summed E-state index contributed by atoms with van der Waals surface area (Å²) in [6.45, 7) is 4.18. The van der Waals surface area contributed by atoms with Gasteiger partial charge in [-0.25, -0.2) is 17.5 Å². The minimum absolute atomic E-state index is 0.279. The molecular formula is C14H21FN2O2S. The van der Waals surface area contributed by atoms with Gasteiger partial charge in [0.2, 0.25) is 10.0 Å². The average molecular weight is 300 g/mol. The Morgan fingerprint density at radius 1 is 1.35 bits per heavy atom. The first-order valence-corrected chi connectivity index (χ1v) is 8.21. The molecule has 0 spiro atoms. The second-order valence-electron chi connectivity index (χ2n) is 5.90. The van der Waals surface area contributed by atoms with E-state index in [9.17, 15) is 12.8 Å². The largest absolute Gasteiger partial charge is 0.316 e. The van der Waals surface area contributed by atoms with Crippen molar-refractivity contribution in [2.24, 2.45) is 5.92 Å². The molecule has 2 rings (SSSR count). The van der Waals surface area contributed by atoms with Crippen LogP contribution in [-0.4, -0.2) is 21.0 Å². The van der Waals surface area contributed by atoms with Crippen molar-refractivity contribution in [1.29, 1.82) is 0 Å². The maximum atomic E-state index is 13.9. The van der Waals surface area contributed by atoms with E-state index in [1.165, 1.54) is 12.1 Å². The fourth-order valence-corrected chi connectivity index (χ4v) is 3.96. The van der Waals surface area contributed by atoms with Crippen LogP contribution in [0.5, 0.6) is 0 Å². The molecule has 112 valence electrons. The minimum atomic E-state index is -3.85. The van der Waals surface area contributed by atoms with E-state index in [2.05, 4.69) is 10.0 Å². The molecule has 1 aromatic carbocycles. The lowest BCUT2D eigenvalue weighted by molar-refractivity contribution is 0.399. The molecule has 0 atom stereocenters. The molecule has 1 fully saturated rings. The fourth-order valence-electron chi connectivity index (χ4n) is 2.36. The van der Waals surface area contributed by atoms with Crippen LogP contribution < -0.4 is 10.0 Å². The van der Waals surface area contributed by atoms with Gasteiger partial charge in [0.15, 0.2) is 0 Å². The first kappa shape index (κ1) is 15.4. The Morgan fingerprint density at radius 3 is 2.55 bits per heavy atom. The van der Waals surface area contributed by atoms with E-state index < -0.39 is 21.4 Å². The number of sulfonamides is 1. The van der Waals surface area contributed by atoms with Gasteiger partial charge in [0.25, 0.3) is 0 Å². The summed E-state index contributed by atoms with van der Waals surface area (Å²) >= 11 is 0. The standard InChI is InChI=1S/C14H21FN2O2S/c1-14(2,11-5-6-11)17-20(18,19)13-8-10(9-16-3)4-7-12(13)15/h4,7-8,11,16-17H,5-6,9H2,1-3H3. The summed E-state index contributed by atoms with van der Waals surface area (Å²) in [5.74, 6) is -0.384. The first-order valence-electron chi connectivity index (χ1n) is 6.73. The summed E-state index contributed by atoms with van der Waals surface area (Å²) in [5.41, 5.74) is 0.197. The lowest BCUT2D eigenvalue weighted by Crippen LogP contribution is -2.45. The molecule has 0 aromatic heterocycles. The van der Waals surface area contributed by atoms with Crippen LogP contribution in [0.3, 0.4) is 0 Å². The van der Waals surface area contributed by atoms with Gasteiger partial charge in [0.05, 0.1) is 0 Å². The normalized spacial score (nSPS) is 16.4. The SMILES string of the molecule is CNCc1ccc(F)c(S(=O)(=O)NC(C)(C)C2CC2)c1. The van der Waals surface area contributed by atoms with Gasteiger partial charge in [0.1, 0.15) is 10.7 Å². The highest BCUT2D eigenvalue weighted by Crippen LogP contribution is 2.40. The Morgan fingerprint density at radius 2 is 2.00 bits per heavy atom. The van der Waals surface area contributed by atoms with Crippen molar-refractivity contribution in [3.8, 4) is 0 Å². The average Bonchev–Trinajstić information content (AvgIpc) is 3.14. The van der Waals surface area contributed by atoms with E-state index in [4.69, 9.17) is 0 Å². The number of hydrogen-bond donors (Lipinski definition) is 2. The molecule has 0 radical (unpaired) electrons. The van der Waals surface area contributed by atoms with Crippen LogP contribution in [0.15, 0.2) is 23.1 Å². The molecule has 1 saturated carbocycles. The van der Waals surface area contributed by atoms with Crippen molar-refractivity contribution in [3.05, 3.63) is 29.6 Å². The van der Waals surface area contributed by atoms with Crippen LogP contribution in [0, 0.1) is 11.7 Å². The highest BCUT2D eigenvalue weighted by molar-refractivity contribution is 7.89. The van der Waals surface area contributed by atoms with E-state index in [0.717, 1.165) is 18.4 Å². The van der Waals surface area contributed by atoms with E-state index >= 15 is 0 Å². The van der Waals surface area contributed by atoms with Crippen LogP contribution in [-0.2, 0) is 16.6 Å². The summed E-state index contributed by atoms with van der Waals surface area (Å²) in [5, 5.41) is 2.92. The second-order valence-corrected chi connectivity index (χ2v) is 7.55. The quantitative estimate of drug-likeness (QED) is 0.845. The van der Waals surface area contributed by atoms with Crippen LogP contribution in [0.2, 0.25) is 0 Å². The number of hydrogen-bond acceptors (Lipinski definition) is 3. The molecule has 0 saturated heterocycles. The third-order valence-electron chi connectivity index (χ3n) is 3.66. The molecule has 6 heteroatoms. The fraction of sp³-hybridized carbons (Fsp3) is 0.571. The van der Waals surface area contributed by atoms with Gasteiger partial charge in [-0.2, -0.15) is 0 Å². The smallest absolute Gasteiger partial charge is 0.243 e. The van der Waals surface area contributed by atoms with Gasteiger partial charge in [-0.1, -0.05) is 6.07 Å². The minimum Gasteiger partial charge on any atom is -0.316 e. The molecule has 2 N–H and O–H groups in total. The molecule has 20 heavy (non-hydrogen) atoms. The van der Waals surface area contributed by atoms with Crippen molar-refractivity contribution in [1.82, 2.24) is 10.0 Å². The number of halogens is 1. The zero-order valence-electron chi connectivity index (χ0n) is 12.0. The molecule has 1 aromatic rings. The van der Waals surface area contributed by atoms with Gasteiger partial charge < -0.3 is 5.32 Å². The molecule has 0 bridgehead atoms. The summed E-state index contributed by atoms with van der Waals surface area (Å²) < 4.78 is 41.3. The topological polar surface area (TPSA) is 58.2 Å². The zero-order valence-corrected chi connectivity index (χ0v) is 12.8. The van der Waals surface area contributed by atoms with Crippen molar-refractivity contribution < 1.29 is 12.8 Å². The van der Waals surface area contributed by atoms with Gasteiger partial charge in [0, 0.05) is 12.1 Å². The molecule has 4 nitrogen and oxygen atoms in total. The van der Waals surface area contributed by atoms with E-state index in [-0.39, 0.29) is 4.90 Å². The van der Waals surface area contributed by atoms with Gasteiger partial charge in [-0.15, -0.1) is 0 Å². The van der Waals surface area contributed by atoms with Crippen molar-refractivity contribution in [2.75, 3.05) is 7.05 Å². The zero-order chi connectivity index (χ0) is 15.0. The van der Waals surface area contributed by atoms with E-state index in [1.807, 2.05) is 13.8 Å². The number of nitrogens with one attached hydrogen (secondary N) is 2. The van der Waals surface area contributed by atoms with Crippen LogP contribution in [0.25, 0.3) is 0 Å². The summed E-state index contributed by atoms with van der Waals surface area (Å²) in [6, 6.07) is 4.17. The van der Waals surface area contributed by atoms with E-state index in [0.29, 0.717) is 12.5 Å². The third kappa shape index (κ3) is 3.37. The van der Waals surface area contributed by atoms with Crippen LogP contribution in [0.1, 0.15) is 32.3 Å². The molecule has 0 heterocycles. The van der Waals surface area contributed by atoms with Crippen molar-refractivity contribution in [3.63, 3.8) is 0 Å². The highest BCUT2D eigenvalue weighted by atomic mass is 32.2. The Balaban J connectivity index is 2.30. The lowest BCUT2D eigenvalue weighted by Gasteiger charge is -2.26. The Kier molecular flexibility index (Phi) is 4.18. The third-order valence-corrected chi connectivity index (χ3v) is 5.35. The molecule has 0 aliphatic heterocycles. The summed E-state index contributed by atoms with van der Waals surface area (Å²) in [6.07, 6.45) is 2.02. The Bertz CT molecular complexity index is 595. The van der Waals surface area contributed by atoms with Crippen molar-refractivity contribution >= 4 is 10.0 Å². The molecule has 0 unspecified atom stereocenters. The predicted octanol–water partition coefficient (Wildman–Crippen LogP) is 2.01. The molecular weight excluding hydrogens is 279 g/mol. The highest BCUT2D eigenvalue weighted by Gasteiger charge is 2.41. The molecule has 0 amide bonds. The van der Waals surface area contributed by atoms with Crippen LogP contribution in [0.4, 0.5) is 4.39 Å². The van der Waals surface area contributed by atoms with Gasteiger partial charge >= 0.3 is 0 Å². The van der Waals surface area contributed by atoms with Gasteiger partial charge in [-0.05, 0) is 57.4 Å². The van der Waals surface area contributed by atoms with E-state index in [1.54, 1.807) is 13.1 Å².